The van der Waals surface area contributed by atoms with Gasteiger partial charge in [-0.3, -0.25) is 9.59 Å². The van der Waals surface area contributed by atoms with E-state index in [1.807, 2.05) is 13.0 Å². The summed E-state index contributed by atoms with van der Waals surface area (Å²) in [7, 11) is 3.35. The van der Waals surface area contributed by atoms with E-state index in [9.17, 15) is 9.59 Å². The van der Waals surface area contributed by atoms with E-state index in [1.54, 1.807) is 32.3 Å². The molecule has 0 saturated carbocycles. The maximum absolute atomic E-state index is 12.3. The Morgan fingerprint density at radius 2 is 1.95 bits per heavy atom. The molecule has 0 unspecified atom stereocenters. The summed E-state index contributed by atoms with van der Waals surface area (Å²) in [6.45, 7) is 2.43. The molecule has 2 amide bonds. The minimum Gasteiger partial charge on any atom is -0.347 e. The second-order valence-corrected chi connectivity index (χ2v) is 4.71. The van der Waals surface area contributed by atoms with E-state index in [-0.39, 0.29) is 18.4 Å². The highest BCUT2D eigenvalue weighted by molar-refractivity contribution is 6.17. The monoisotopic (exact) mass is 282 g/mol. The van der Waals surface area contributed by atoms with E-state index < -0.39 is 0 Å². The van der Waals surface area contributed by atoms with Crippen LogP contribution in [-0.2, 0) is 10.7 Å². The Balaban J connectivity index is 2.86. The van der Waals surface area contributed by atoms with Crippen LogP contribution in [0.5, 0.6) is 0 Å². The quantitative estimate of drug-likeness (QED) is 0.775. The molecule has 5 heteroatoms. The molecule has 0 bridgehead atoms. The predicted octanol–water partition coefficient (Wildman–Crippen LogP) is 1.98. The number of hydrogen-bond acceptors (Lipinski definition) is 2. The smallest absolute Gasteiger partial charge is 0.254 e. The van der Waals surface area contributed by atoms with E-state index in [4.69, 9.17) is 11.6 Å². The third-order valence-electron chi connectivity index (χ3n) is 2.82. The second-order valence-electron chi connectivity index (χ2n) is 4.44. The molecule has 0 aliphatic heterocycles. The molecule has 0 radical (unpaired) electrons. The van der Waals surface area contributed by atoms with Crippen LogP contribution in [0.2, 0.25) is 0 Å². The fraction of sp³-hybridized carbons (Fsp3) is 0.429. The second kappa shape index (κ2) is 7.14. The van der Waals surface area contributed by atoms with E-state index in [1.165, 1.54) is 9.80 Å². The Labute approximate surface area is 118 Å². The standard InChI is InChI=1S/C14H19ClN2O2/c1-4-17(10-13(18)16(2)3)14(19)12-7-5-6-11(8-12)9-15/h5-8H,4,9-10H2,1-3H3. The number of hydrogen-bond donors (Lipinski definition) is 0. The van der Waals surface area contributed by atoms with Crippen molar-refractivity contribution in [2.24, 2.45) is 0 Å². The first kappa shape index (κ1) is 15.5. The zero-order valence-corrected chi connectivity index (χ0v) is 12.3. The number of carbonyl (C=O) groups excluding carboxylic acids is 2. The van der Waals surface area contributed by atoms with Crippen molar-refractivity contribution in [3.05, 3.63) is 35.4 Å². The van der Waals surface area contributed by atoms with Crippen LogP contribution < -0.4 is 0 Å². The number of amides is 2. The Hall–Kier alpha value is -1.55. The predicted molar refractivity (Wildman–Crippen MR) is 76.3 cm³/mol. The third-order valence-corrected chi connectivity index (χ3v) is 3.13. The maximum Gasteiger partial charge on any atom is 0.254 e. The van der Waals surface area contributed by atoms with Gasteiger partial charge in [0.05, 0.1) is 6.54 Å². The number of likely N-dealkylation sites (N-methyl/N-ethyl adjacent to an activating group) is 2. The van der Waals surface area contributed by atoms with Gasteiger partial charge < -0.3 is 9.80 Å². The van der Waals surface area contributed by atoms with Gasteiger partial charge in [0.2, 0.25) is 5.91 Å². The maximum atomic E-state index is 12.3. The molecule has 0 heterocycles. The molecule has 0 spiro atoms. The van der Waals surface area contributed by atoms with Gasteiger partial charge in [-0.25, -0.2) is 0 Å². The lowest BCUT2D eigenvalue weighted by Crippen LogP contribution is -2.40. The van der Waals surface area contributed by atoms with Gasteiger partial charge in [0.15, 0.2) is 0 Å². The highest BCUT2D eigenvalue weighted by Crippen LogP contribution is 2.10. The molecular formula is C14H19ClN2O2. The van der Waals surface area contributed by atoms with Crippen LogP contribution in [0.15, 0.2) is 24.3 Å². The van der Waals surface area contributed by atoms with E-state index in [0.29, 0.717) is 18.0 Å². The minimum absolute atomic E-state index is 0.0907. The van der Waals surface area contributed by atoms with Crippen molar-refractivity contribution in [2.45, 2.75) is 12.8 Å². The molecule has 0 fully saturated rings. The van der Waals surface area contributed by atoms with Crippen LogP contribution in [0.3, 0.4) is 0 Å². The lowest BCUT2D eigenvalue weighted by Gasteiger charge is -2.22. The summed E-state index contributed by atoms with van der Waals surface area (Å²) in [5.41, 5.74) is 1.45. The summed E-state index contributed by atoms with van der Waals surface area (Å²) >= 11 is 5.76. The van der Waals surface area contributed by atoms with Crippen molar-refractivity contribution >= 4 is 23.4 Å². The summed E-state index contributed by atoms with van der Waals surface area (Å²) in [5.74, 6) is 0.123. The molecule has 1 rings (SSSR count). The lowest BCUT2D eigenvalue weighted by atomic mass is 10.1. The van der Waals surface area contributed by atoms with Crippen molar-refractivity contribution in [3.63, 3.8) is 0 Å². The SMILES string of the molecule is CCN(CC(=O)N(C)C)C(=O)c1cccc(CCl)c1. The summed E-state index contributed by atoms with van der Waals surface area (Å²) in [4.78, 5) is 27.0. The molecule has 0 atom stereocenters. The number of benzene rings is 1. The average molecular weight is 283 g/mol. The van der Waals surface area contributed by atoms with Crippen molar-refractivity contribution in [2.75, 3.05) is 27.2 Å². The van der Waals surface area contributed by atoms with Gasteiger partial charge in [-0.1, -0.05) is 12.1 Å². The molecule has 1 aromatic rings. The number of nitrogens with zero attached hydrogens (tertiary/aromatic N) is 2. The van der Waals surface area contributed by atoms with Crippen LogP contribution >= 0.6 is 11.6 Å². The molecule has 4 nitrogen and oxygen atoms in total. The minimum atomic E-state index is -0.148. The molecule has 19 heavy (non-hydrogen) atoms. The Morgan fingerprint density at radius 3 is 2.47 bits per heavy atom. The van der Waals surface area contributed by atoms with E-state index >= 15 is 0 Å². The van der Waals surface area contributed by atoms with Crippen LogP contribution in [0, 0.1) is 0 Å². The molecule has 0 aliphatic rings. The Morgan fingerprint density at radius 1 is 1.26 bits per heavy atom. The van der Waals surface area contributed by atoms with Gasteiger partial charge in [-0.2, -0.15) is 0 Å². The summed E-state index contributed by atoms with van der Waals surface area (Å²) in [6.07, 6.45) is 0. The normalized spacial score (nSPS) is 10.1. The van der Waals surface area contributed by atoms with Crippen LogP contribution in [0.25, 0.3) is 0 Å². The zero-order chi connectivity index (χ0) is 14.4. The molecule has 1 aromatic carbocycles. The highest BCUT2D eigenvalue weighted by atomic mass is 35.5. The van der Waals surface area contributed by atoms with Gasteiger partial charge >= 0.3 is 0 Å². The first-order chi connectivity index (χ1) is 8.99. The molecule has 0 aromatic heterocycles. The first-order valence-electron chi connectivity index (χ1n) is 6.14. The Bertz CT molecular complexity index is 461. The van der Waals surface area contributed by atoms with E-state index in [0.717, 1.165) is 5.56 Å². The van der Waals surface area contributed by atoms with E-state index in [2.05, 4.69) is 0 Å². The van der Waals surface area contributed by atoms with Crippen molar-refractivity contribution < 1.29 is 9.59 Å². The van der Waals surface area contributed by atoms with Crippen LogP contribution in [-0.4, -0.2) is 48.8 Å². The van der Waals surface area contributed by atoms with Crippen LogP contribution in [0.1, 0.15) is 22.8 Å². The number of rotatable bonds is 5. The number of halogens is 1. The number of alkyl halides is 1. The average Bonchev–Trinajstić information content (AvgIpc) is 2.43. The fourth-order valence-electron chi connectivity index (χ4n) is 1.60. The van der Waals surface area contributed by atoms with Gasteiger partial charge in [0.25, 0.3) is 5.91 Å². The number of carbonyl (C=O) groups is 2. The third kappa shape index (κ3) is 4.24. The van der Waals surface area contributed by atoms with Gasteiger partial charge in [0.1, 0.15) is 0 Å². The molecule has 104 valence electrons. The summed E-state index contributed by atoms with van der Waals surface area (Å²) in [6, 6.07) is 7.16. The van der Waals surface area contributed by atoms with Crippen molar-refractivity contribution in [3.8, 4) is 0 Å². The van der Waals surface area contributed by atoms with Gasteiger partial charge in [-0.15, -0.1) is 11.6 Å². The van der Waals surface area contributed by atoms with Gasteiger partial charge in [-0.05, 0) is 24.6 Å². The van der Waals surface area contributed by atoms with Crippen LogP contribution in [0.4, 0.5) is 0 Å². The first-order valence-corrected chi connectivity index (χ1v) is 6.67. The molecule has 0 N–H and O–H groups in total. The molecular weight excluding hydrogens is 264 g/mol. The molecule has 0 saturated heterocycles. The fourth-order valence-corrected chi connectivity index (χ4v) is 1.77. The largest absolute Gasteiger partial charge is 0.347 e. The summed E-state index contributed by atoms with van der Waals surface area (Å²) in [5, 5.41) is 0. The lowest BCUT2D eigenvalue weighted by molar-refractivity contribution is -0.129. The van der Waals surface area contributed by atoms with Crippen molar-refractivity contribution in [1.29, 1.82) is 0 Å². The Kier molecular flexibility index (Phi) is 5.83. The zero-order valence-electron chi connectivity index (χ0n) is 11.5. The van der Waals surface area contributed by atoms with Gasteiger partial charge in [0, 0.05) is 32.1 Å². The topological polar surface area (TPSA) is 40.6 Å². The van der Waals surface area contributed by atoms with Crippen molar-refractivity contribution in [1.82, 2.24) is 9.80 Å². The highest BCUT2D eigenvalue weighted by Gasteiger charge is 2.18. The summed E-state index contributed by atoms with van der Waals surface area (Å²) < 4.78 is 0. The molecule has 0 aliphatic carbocycles.